The van der Waals surface area contributed by atoms with Crippen LogP contribution < -0.4 is 0 Å². The van der Waals surface area contributed by atoms with Gasteiger partial charge in [0.2, 0.25) is 0 Å². The predicted octanol–water partition coefficient (Wildman–Crippen LogP) is 2.64. The van der Waals surface area contributed by atoms with Gasteiger partial charge in [0, 0.05) is 21.3 Å². The number of Topliss-reactive ketones (excluding diaryl/α,β-unsaturated/α-hetero) is 1. The Hall–Kier alpha value is -0.490. The number of carbonyl (C=O) groups is 1. The van der Waals surface area contributed by atoms with Crippen LogP contribution in [0.4, 0.5) is 0 Å². The van der Waals surface area contributed by atoms with Gasteiger partial charge in [-0.1, -0.05) is 27.7 Å². The Morgan fingerprint density at radius 2 is 1.87 bits per heavy atom. The molecule has 3 heteroatoms. The highest BCUT2D eigenvalue weighted by Crippen LogP contribution is 2.70. The minimum Gasteiger partial charge on any atom is -0.298 e. The summed E-state index contributed by atoms with van der Waals surface area (Å²) < 4.78 is -0.00250. The van der Waals surface area contributed by atoms with Crippen molar-refractivity contribution < 1.29 is 4.79 Å². The average molecular weight is 223 g/mol. The van der Waals surface area contributed by atoms with Gasteiger partial charge < -0.3 is 0 Å². The maximum absolute atomic E-state index is 12.1. The summed E-state index contributed by atoms with van der Waals surface area (Å²) in [7, 11) is 0. The van der Waals surface area contributed by atoms with Crippen molar-refractivity contribution in [2.45, 2.75) is 38.9 Å². The van der Waals surface area contributed by atoms with Gasteiger partial charge in [-0.3, -0.25) is 4.79 Å². The molecule has 1 saturated carbocycles. The molecule has 2 fully saturated rings. The summed E-state index contributed by atoms with van der Waals surface area (Å²) in [6.07, 6.45) is 0.875. The van der Waals surface area contributed by atoms with Gasteiger partial charge in [-0.25, -0.2) is 0 Å². The van der Waals surface area contributed by atoms with Crippen LogP contribution in [0, 0.1) is 28.1 Å². The van der Waals surface area contributed by atoms with Crippen LogP contribution in [0.3, 0.4) is 0 Å². The third-order valence-electron chi connectivity index (χ3n) is 4.40. The molecule has 1 aliphatic heterocycles. The summed E-state index contributed by atoms with van der Waals surface area (Å²) in [5.74, 6) is 1.36. The fourth-order valence-electron chi connectivity index (χ4n) is 3.53. The van der Waals surface area contributed by atoms with E-state index in [1.54, 1.807) is 0 Å². The lowest BCUT2D eigenvalue weighted by Crippen LogP contribution is -2.71. The van der Waals surface area contributed by atoms with Crippen LogP contribution in [-0.2, 0) is 4.79 Å². The van der Waals surface area contributed by atoms with Crippen molar-refractivity contribution in [3.63, 3.8) is 0 Å². The highest BCUT2D eigenvalue weighted by Gasteiger charge is 2.74. The van der Waals surface area contributed by atoms with Crippen LogP contribution in [0.15, 0.2) is 0 Å². The molecule has 0 aromatic carbocycles. The first-order valence-electron chi connectivity index (χ1n) is 5.38. The third-order valence-corrected chi connectivity index (χ3v) is 6.65. The number of carbonyl (C=O) groups excluding carboxylic acids is 1. The van der Waals surface area contributed by atoms with E-state index in [2.05, 4.69) is 6.07 Å². The van der Waals surface area contributed by atoms with Crippen molar-refractivity contribution in [1.82, 2.24) is 0 Å². The Morgan fingerprint density at radius 3 is 2.27 bits per heavy atom. The Balaban J connectivity index is 2.38. The maximum atomic E-state index is 12.1. The predicted molar refractivity (Wildman–Crippen MR) is 61.5 cm³/mol. The molecule has 15 heavy (non-hydrogen) atoms. The SMILES string of the molecule is CC1(C)C(=O)C(C)(C)C12CC(C#N)CS2. The van der Waals surface area contributed by atoms with Gasteiger partial charge in [0.05, 0.1) is 12.0 Å². The van der Waals surface area contributed by atoms with Crippen molar-refractivity contribution >= 4 is 17.5 Å². The first kappa shape index (κ1) is 11.0. The van der Waals surface area contributed by atoms with E-state index >= 15 is 0 Å². The van der Waals surface area contributed by atoms with E-state index in [-0.39, 0.29) is 21.5 Å². The van der Waals surface area contributed by atoms with Gasteiger partial charge in [0.25, 0.3) is 0 Å². The van der Waals surface area contributed by atoms with Gasteiger partial charge >= 0.3 is 0 Å². The van der Waals surface area contributed by atoms with Crippen molar-refractivity contribution in [3.05, 3.63) is 0 Å². The molecular formula is C12H17NOS. The van der Waals surface area contributed by atoms with Gasteiger partial charge in [-0.15, -0.1) is 0 Å². The van der Waals surface area contributed by atoms with Crippen LogP contribution in [0.5, 0.6) is 0 Å². The molecule has 0 aromatic heterocycles. The molecule has 2 rings (SSSR count). The Morgan fingerprint density at radius 1 is 1.33 bits per heavy atom. The zero-order valence-electron chi connectivity index (χ0n) is 9.76. The summed E-state index contributed by atoms with van der Waals surface area (Å²) >= 11 is 1.84. The summed E-state index contributed by atoms with van der Waals surface area (Å²) in [6.45, 7) is 8.14. The van der Waals surface area contributed by atoms with E-state index in [4.69, 9.17) is 5.26 Å². The highest BCUT2D eigenvalue weighted by atomic mass is 32.2. The van der Waals surface area contributed by atoms with Crippen LogP contribution >= 0.6 is 11.8 Å². The molecule has 82 valence electrons. The summed E-state index contributed by atoms with van der Waals surface area (Å²) in [4.78, 5) is 12.1. The van der Waals surface area contributed by atoms with Crippen molar-refractivity contribution in [1.29, 1.82) is 5.26 Å². The largest absolute Gasteiger partial charge is 0.298 e. The molecule has 1 saturated heterocycles. The fourth-order valence-corrected chi connectivity index (χ4v) is 5.43. The van der Waals surface area contributed by atoms with E-state index in [9.17, 15) is 4.79 Å². The van der Waals surface area contributed by atoms with Crippen LogP contribution in [0.25, 0.3) is 0 Å². The monoisotopic (exact) mass is 223 g/mol. The molecule has 1 aliphatic carbocycles. The van der Waals surface area contributed by atoms with E-state index in [1.165, 1.54) is 0 Å². The fraction of sp³-hybridized carbons (Fsp3) is 0.833. The summed E-state index contributed by atoms with van der Waals surface area (Å²) in [6, 6.07) is 2.35. The molecule has 0 aromatic rings. The smallest absolute Gasteiger partial charge is 0.146 e. The maximum Gasteiger partial charge on any atom is 0.146 e. The second-order valence-electron chi connectivity index (χ2n) is 5.75. The summed E-state index contributed by atoms with van der Waals surface area (Å²) in [5, 5.41) is 8.98. The van der Waals surface area contributed by atoms with Crippen molar-refractivity contribution in [3.8, 4) is 6.07 Å². The highest BCUT2D eigenvalue weighted by molar-refractivity contribution is 8.01. The zero-order valence-corrected chi connectivity index (χ0v) is 10.6. The standard InChI is InChI=1S/C12H17NOS/c1-10(2)9(14)11(3,4)12(10)5-8(6-13)7-15-12/h8H,5,7H2,1-4H3. The number of hydrogen-bond donors (Lipinski definition) is 0. The van der Waals surface area contributed by atoms with E-state index in [0.29, 0.717) is 5.78 Å². The van der Waals surface area contributed by atoms with Crippen LogP contribution in [0.1, 0.15) is 34.1 Å². The summed E-state index contributed by atoms with van der Waals surface area (Å²) in [5.41, 5.74) is -0.514. The molecular weight excluding hydrogens is 206 g/mol. The number of nitrogens with zero attached hydrogens (tertiary/aromatic N) is 1. The number of rotatable bonds is 0. The number of nitriles is 1. The second kappa shape index (κ2) is 2.79. The molecule has 1 heterocycles. The molecule has 2 aliphatic rings. The zero-order chi connectivity index (χ0) is 11.5. The molecule has 1 spiro atoms. The topological polar surface area (TPSA) is 40.9 Å². The van der Waals surface area contributed by atoms with Gasteiger partial charge in [-0.05, 0) is 6.42 Å². The molecule has 1 atom stereocenters. The number of ketones is 1. The molecule has 0 radical (unpaired) electrons. The molecule has 2 nitrogen and oxygen atoms in total. The van der Waals surface area contributed by atoms with Gasteiger partial charge in [-0.2, -0.15) is 17.0 Å². The minimum atomic E-state index is -0.257. The third kappa shape index (κ3) is 0.990. The lowest BCUT2D eigenvalue weighted by Gasteiger charge is -2.63. The lowest BCUT2D eigenvalue weighted by atomic mass is 9.45. The molecule has 0 amide bonds. The lowest BCUT2D eigenvalue weighted by molar-refractivity contribution is -0.160. The van der Waals surface area contributed by atoms with E-state index < -0.39 is 0 Å². The van der Waals surface area contributed by atoms with Crippen LogP contribution in [0.2, 0.25) is 0 Å². The van der Waals surface area contributed by atoms with E-state index in [0.717, 1.165) is 12.2 Å². The Kier molecular flexibility index (Phi) is 2.05. The van der Waals surface area contributed by atoms with Crippen LogP contribution in [-0.4, -0.2) is 16.3 Å². The molecule has 0 bridgehead atoms. The molecule has 1 unspecified atom stereocenters. The second-order valence-corrected chi connectivity index (χ2v) is 7.07. The average Bonchev–Trinajstić information content (AvgIpc) is 2.62. The quantitative estimate of drug-likeness (QED) is 0.634. The Labute approximate surface area is 95.4 Å². The molecule has 0 N–H and O–H groups in total. The van der Waals surface area contributed by atoms with Gasteiger partial charge in [0.1, 0.15) is 5.78 Å². The normalized spacial score (nSPS) is 34.9. The Bertz CT molecular complexity index is 346. The first-order valence-corrected chi connectivity index (χ1v) is 6.36. The minimum absolute atomic E-state index is 0.00250. The first-order chi connectivity index (χ1) is 6.79. The van der Waals surface area contributed by atoms with E-state index in [1.807, 2.05) is 39.5 Å². The number of hydrogen-bond acceptors (Lipinski definition) is 3. The van der Waals surface area contributed by atoms with Gasteiger partial charge in [0.15, 0.2) is 0 Å². The van der Waals surface area contributed by atoms with Crippen molar-refractivity contribution in [2.24, 2.45) is 16.7 Å². The van der Waals surface area contributed by atoms with Crippen molar-refractivity contribution in [2.75, 3.05) is 5.75 Å². The number of thioether (sulfide) groups is 1.